The Morgan fingerprint density at radius 1 is 1.29 bits per heavy atom. The summed E-state index contributed by atoms with van der Waals surface area (Å²) in [4.78, 5) is 11.5. The molecule has 2 nitrogen and oxygen atoms in total. The van der Waals surface area contributed by atoms with Crippen LogP contribution in [0.3, 0.4) is 0 Å². The van der Waals surface area contributed by atoms with Crippen LogP contribution < -0.4 is 5.32 Å². The third-order valence-electron chi connectivity index (χ3n) is 2.76. The van der Waals surface area contributed by atoms with Crippen LogP contribution in [0.1, 0.15) is 37.7 Å². The first-order chi connectivity index (χ1) is 8.24. The lowest BCUT2D eigenvalue weighted by Gasteiger charge is -2.12. The molecule has 0 aliphatic rings. The van der Waals surface area contributed by atoms with Crippen molar-refractivity contribution in [1.82, 2.24) is 5.32 Å². The number of hydrogen-bond donors (Lipinski definition) is 1. The van der Waals surface area contributed by atoms with E-state index in [2.05, 4.69) is 40.3 Å². The van der Waals surface area contributed by atoms with E-state index < -0.39 is 0 Å². The molecule has 1 atom stereocenters. The number of benzene rings is 1. The Morgan fingerprint density at radius 2 is 2.00 bits per heavy atom. The minimum Gasteiger partial charge on any atom is -0.356 e. The molecule has 1 rings (SSSR count). The van der Waals surface area contributed by atoms with Gasteiger partial charge in [-0.25, -0.2) is 0 Å². The van der Waals surface area contributed by atoms with Crippen molar-refractivity contribution in [2.75, 3.05) is 11.9 Å². The van der Waals surface area contributed by atoms with Crippen molar-refractivity contribution in [2.24, 2.45) is 0 Å². The Balaban J connectivity index is 2.24. The van der Waals surface area contributed by atoms with E-state index in [-0.39, 0.29) is 5.91 Å². The van der Waals surface area contributed by atoms with E-state index in [4.69, 9.17) is 0 Å². The average molecular weight is 298 g/mol. The molecule has 1 aromatic rings. The normalized spacial score (nSPS) is 12.1. The molecule has 17 heavy (non-hydrogen) atoms. The summed E-state index contributed by atoms with van der Waals surface area (Å²) in [6.45, 7) is 2.85. The smallest absolute Gasteiger partial charge is 0.220 e. The topological polar surface area (TPSA) is 29.1 Å². The minimum absolute atomic E-state index is 0.161. The summed E-state index contributed by atoms with van der Waals surface area (Å²) in [5.41, 5.74) is 1.27. The van der Waals surface area contributed by atoms with Gasteiger partial charge in [-0.05, 0) is 24.3 Å². The zero-order valence-corrected chi connectivity index (χ0v) is 11.9. The van der Waals surface area contributed by atoms with Gasteiger partial charge in [-0.2, -0.15) is 0 Å². The van der Waals surface area contributed by atoms with Crippen molar-refractivity contribution in [3.8, 4) is 0 Å². The highest BCUT2D eigenvalue weighted by Crippen LogP contribution is 2.13. The Hall–Kier alpha value is -0.830. The van der Waals surface area contributed by atoms with Gasteiger partial charge in [0.15, 0.2) is 0 Å². The largest absolute Gasteiger partial charge is 0.356 e. The van der Waals surface area contributed by atoms with E-state index in [0.717, 1.165) is 24.7 Å². The van der Waals surface area contributed by atoms with Gasteiger partial charge in [0.1, 0.15) is 0 Å². The molecule has 0 fully saturated rings. The predicted octanol–water partition coefficient (Wildman–Crippen LogP) is 3.47. The maximum atomic E-state index is 11.5. The highest BCUT2D eigenvalue weighted by atomic mass is 79.9. The molecule has 0 heterocycles. The number of carbonyl (C=O) groups excluding carboxylic acids is 1. The van der Waals surface area contributed by atoms with Gasteiger partial charge in [0.05, 0.1) is 0 Å². The van der Waals surface area contributed by atoms with Crippen LogP contribution >= 0.6 is 15.9 Å². The van der Waals surface area contributed by atoms with Crippen LogP contribution in [-0.4, -0.2) is 17.8 Å². The quantitative estimate of drug-likeness (QED) is 0.606. The van der Waals surface area contributed by atoms with Crippen molar-refractivity contribution < 1.29 is 4.79 Å². The first kappa shape index (κ1) is 14.2. The van der Waals surface area contributed by atoms with Crippen LogP contribution in [0.2, 0.25) is 0 Å². The lowest BCUT2D eigenvalue weighted by molar-refractivity contribution is -0.121. The van der Waals surface area contributed by atoms with Crippen molar-refractivity contribution in [3.05, 3.63) is 35.9 Å². The maximum Gasteiger partial charge on any atom is 0.220 e. The molecule has 0 radical (unpaired) electrons. The number of amides is 1. The van der Waals surface area contributed by atoms with Crippen molar-refractivity contribution in [1.29, 1.82) is 0 Å². The standard InChI is InChI=1S/C14H20BrNO/c1-12(13-7-3-2-4-8-13)11-16-14(17)9-5-6-10-15/h2-4,7-8,12H,5-6,9-11H2,1H3,(H,16,17). The third-order valence-corrected chi connectivity index (χ3v) is 3.32. The number of nitrogens with one attached hydrogen (secondary N) is 1. The molecule has 0 spiro atoms. The molecule has 0 saturated carbocycles. The monoisotopic (exact) mass is 297 g/mol. The number of hydrogen-bond acceptors (Lipinski definition) is 1. The Kier molecular flexibility index (Phi) is 6.94. The van der Waals surface area contributed by atoms with E-state index in [1.807, 2.05) is 18.2 Å². The molecule has 0 aliphatic carbocycles. The van der Waals surface area contributed by atoms with Crippen molar-refractivity contribution >= 4 is 21.8 Å². The van der Waals surface area contributed by atoms with Crippen LogP contribution in [-0.2, 0) is 4.79 Å². The highest BCUT2D eigenvalue weighted by Gasteiger charge is 2.06. The Labute approximate surface area is 112 Å². The summed E-state index contributed by atoms with van der Waals surface area (Å²) in [6, 6.07) is 10.3. The molecular weight excluding hydrogens is 278 g/mol. The molecule has 94 valence electrons. The second-order valence-corrected chi connectivity index (χ2v) is 5.05. The van der Waals surface area contributed by atoms with Crippen LogP contribution in [0.5, 0.6) is 0 Å². The van der Waals surface area contributed by atoms with Crippen LogP contribution in [0.4, 0.5) is 0 Å². The highest BCUT2D eigenvalue weighted by molar-refractivity contribution is 9.09. The zero-order chi connectivity index (χ0) is 12.5. The van der Waals surface area contributed by atoms with Gasteiger partial charge in [-0.1, -0.05) is 53.2 Å². The zero-order valence-electron chi connectivity index (χ0n) is 10.3. The van der Waals surface area contributed by atoms with Gasteiger partial charge in [0.25, 0.3) is 0 Å². The second-order valence-electron chi connectivity index (χ2n) is 4.26. The number of halogens is 1. The fourth-order valence-electron chi connectivity index (χ4n) is 1.63. The SMILES string of the molecule is CC(CNC(=O)CCCCBr)c1ccccc1. The summed E-state index contributed by atoms with van der Waals surface area (Å²) in [7, 11) is 0. The van der Waals surface area contributed by atoms with Gasteiger partial charge in [0.2, 0.25) is 5.91 Å². The number of carbonyl (C=O) groups is 1. The van der Waals surface area contributed by atoms with Crippen LogP contribution in [0.25, 0.3) is 0 Å². The lowest BCUT2D eigenvalue weighted by atomic mass is 10.0. The Morgan fingerprint density at radius 3 is 2.65 bits per heavy atom. The molecule has 1 amide bonds. The fourth-order valence-corrected chi connectivity index (χ4v) is 2.03. The van der Waals surface area contributed by atoms with E-state index in [1.54, 1.807) is 0 Å². The average Bonchev–Trinajstić information content (AvgIpc) is 2.37. The predicted molar refractivity (Wildman–Crippen MR) is 75.5 cm³/mol. The number of alkyl halides is 1. The van der Waals surface area contributed by atoms with Gasteiger partial charge >= 0.3 is 0 Å². The molecule has 3 heteroatoms. The summed E-state index contributed by atoms with van der Waals surface area (Å²) >= 11 is 3.36. The summed E-state index contributed by atoms with van der Waals surface area (Å²) in [5.74, 6) is 0.532. The Bertz CT molecular complexity index is 326. The van der Waals surface area contributed by atoms with Crippen molar-refractivity contribution in [3.63, 3.8) is 0 Å². The van der Waals surface area contributed by atoms with E-state index in [0.29, 0.717) is 12.3 Å². The number of rotatable bonds is 7. The van der Waals surface area contributed by atoms with Crippen LogP contribution in [0.15, 0.2) is 30.3 Å². The van der Waals surface area contributed by atoms with E-state index in [1.165, 1.54) is 5.56 Å². The summed E-state index contributed by atoms with van der Waals surface area (Å²) in [5, 5.41) is 3.96. The lowest BCUT2D eigenvalue weighted by Crippen LogP contribution is -2.27. The molecule has 0 aliphatic heterocycles. The first-order valence-corrected chi connectivity index (χ1v) is 7.23. The van der Waals surface area contributed by atoms with Gasteiger partial charge in [-0.3, -0.25) is 4.79 Å². The van der Waals surface area contributed by atoms with Gasteiger partial charge < -0.3 is 5.32 Å². The molecule has 0 saturated heterocycles. The first-order valence-electron chi connectivity index (χ1n) is 6.11. The number of unbranched alkanes of at least 4 members (excludes halogenated alkanes) is 1. The van der Waals surface area contributed by atoms with E-state index >= 15 is 0 Å². The minimum atomic E-state index is 0.161. The van der Waals surface area contributed by atoms with Gasteiger partial charge in [-0.15, -0.1) is 0 Å². The molecule has 1 aromatic carbocycles. The third kappa shape index (κ3) is 5.87. The van der Waals surface area contributed by atoms with E-state index in [9.17, 15) is 4.79 Å². The van der Waals surface area contributed by atoms with Crippen molar-refractivity contribution in [2.45, 2.75) is 32.1 Å². The molecule has 0 bridgehead atoms. The molecule has 1 N–H and O–H groups in total. The van der Waals surface area contributed by atoms with Gasteiger partial charge in [0, 0.05) is 18.3 Å². The molecule has 1 unspecified atom stereocenters. The van der Waals surface area contributed by atoms with Crippen LogP contribution in [0, 0.1) is 0 Å². The fraction of sp³-hybridized carbons (Fsp3) is 0.500. The summed E-state index contributed by atoms with van der Waals surface area (Å²) < 4.78 is 0. The summed E-state index contributed by atoms with van der Waals surface area (Å²) in [6.07, 6.45) is 2.64. The second kappa shape index (κ2) is 8.29. The molecule has 0 aromatic heterocycles. The maximum absolute atomic E-state index is 11.5. The molecular formula is C14H20BrNO.